The number of rotatable bonds is 19. The number of hydrogen-bond acceptors (Lipinski definition) is 4. The molecule has 166 valence electrons. The Labute approximate surface area is 174 Å². The van der Waals surface area contributed by atoms with Crippen molar-refractivity contribution in [1.82, 2.24) is 0 Å². The minimum Gasteiger partial charge on any atom is -0.466 e. The lowest BCUT2D eigenvalue weighted by atomic mass is 10.1. The maximum absolute atomic E-state index is 11.7. The van der Waals surface area contributed by atoms with Crippen molar-refractivity contribution in [3.63, 3.8) is 0 Å². The van der Waals surface area contributed by atoms with Gasteiger partial charge < -0.3 is 9.47 Å². The summed E-state index contributed by atoms with van der Waals surface area (Å²) in [6.45, 7) is 8.95. The average Bonchev–Trinajstić information content (AvgIpc) is 2.62. The zero-order chi connectivity index (χ0) is 21.0. The lowest BCUT2D eigenvalue weighted by Gasteiger charge is -2.15. The summed E-state index contributed by atoms with van der Waals surface area (Å²) in [5.41, 5.74) is 0. The van der Waals surface area contributed by atoms with E-state index in [1.165, 1.54) is 51.4 Å². The van der Waals surface area contributed by atoms with E-state index in [-0.39, 0.29) is 18.0 Å². The maximum Gasteiger partial charge on any atom is 0.306 e. The van der Waals surface area contributed by atoms with Gasteiger partial charge in [-0.2, -0.15) is 0 Å². The van der Waals surface area contributed by atoms with Crippen LogP contribution in [-0.4, -0.2) is 24.6 Å². The van der Waals surface area contributed by atoms with E-state index in [4.69, 9.17) is 9.47 Å². The summed E-state index contributed by atoms with van der Waals surface area (Å²) in [5.74, 6) is 0.220. The van der Waals surface area contributed by atoms with Crippen LogP contribution in [0.15, 0.2) is 0 Å². The van der Waals surface area contributed by atoms with Crippen molar-refractivity contribution in [3.05, 3.63) is 0 Å². The summed E-state index contributed by atoms with van der Waals surface area (Å²) in [6, 6.07) is 0. The molecule has 0 N–H and O–H groups in total. The third-order valence-corrected chi connectivity index (χ3v) is 4.91. The molecule has 0 fully saturated rings. The van der Waals surface area contributed by atoms with Crippen LogP contribution in [0.2, 0.25) is 0 Å². The van der Waals surface area contributed by atoms with E-state index in [0.29, 0.717) is 38.2 Å². The molecule has 0 heterocycles. The van der Waals surface area contributed by atoms with E-state index < -0.39 is 0 Å². The summed E-state index contributed by atoms with van der Waals surface area (Å²) in [5, 5.41) is 0. The van der Waals surface area contributed by atoms with Gasteiger partial charge in [0.05, 0.1) is 12.7 Å². The Bertz CT molecular complexity index is 379. The zero-order valence-corrected chi connectivity index (χ0v) is 19.1. The van der Waals surface area contributed by atoms with Crippen molar-refractivity contribution >= 4 is 11.9 Å². The topological polar surface area (TPSA) is 52.6 Å². The highest BCUT2D eigenvalue weighted by atomic mass is 16.5. The summed E-state index contributed by atoms with van der Waals surface area (Å²) >= 11 is 0. The van der Waals surface area contributed by atoms with Crippen LogP contribution in [0.5, 0.6) is 0 Å². The number of ether oxygens (including phenoxy) is 2. The second kappa shape index (κ2) is 19.3. The van der Waals surface area contributed by atoms with Gasteiger partial charge in [-0.05, 0) is 38.5 Å². The van der Waals surface area contributed by atoms with Gasteiger partial charge in [-0.3, -0.25) is 9.59 Å². The lowest BCUT2D eigenvalue weighted by molar-refractivity contribution is -0.149. The van der Waals surface area contributed by atoms with Gasteiger partial charge in [-0.25, -0.2) is 0 Å². The molecule has 0 aromatic rings. The Morgan fingerprint density at radius 3 is 1.71 bits per heavy atom. The molecule has 1 unspecified atom stereocenters. The van der Waals surface area contributed by atoms with Crippen molar-refractivity contribution in [3.8, 4) is 0 Å². The average molecular weight is 399 g/mol. The van der Waals surface area contributed by atoms with Gasteiger partial charge in [0.15, 0.2) is 0 Å². The summed E-state index contributed by atoms with van der Waals surface area (Å²) in [6.07, 6.45) is 15.8. The quantitative estimate of drug-likeness (QED) is 0.174. The molecule has 0 saturated carbocycles. The molecule has 0 aromatic carbocycles. The second-order valence-electron chi connectivity index (χ2n) is 8.54. The van der Waals surface area contributed by atoms with Gasteiger partial charge in [0.25, 0.3) is 0 Å². The minimum absolute atomic E-state index is 0.0291. The van der Waals surface area contributed by atoms with E-state index in [1.807, 2.05) is 6.92 Å². The van der Waals surface area contributed by atoms with Gasteiger partial charge in [0.1, 0.15) is 0 Å². The van der Waals surface area contributed by atoms with Crippen molar-refractivity contribution in [2.24, 2.45) is 5.92 Å². The molecular formula is C24H46O4. The van der Waals surface area contributed by atoms with Crippen LogP contribution in [0.3, 0.4) is 0 Å². The van der Waals surface area contributed by atoms with Crippen LogP contribution in [0.25, 0.3) is 0 Å². The van der Waals surface area contributed by atoms with E-state index in [1.54, 1.807) is 0 Å². The third-order valence-electron chi connectivity index (χ3n) is 4.91. The van der Waals surface area contributed by atoms with Crippen molar-refractivity contribution in [2.45, 2.75) is 130 Å². The van der Waals surface area contributed by atoms with E-state index in [9.17, 15) is 9.59 Å². The van der Waals surface area contributed by atoms with Gasteiger partial charge >= 0.3 is 11.9 Å². The van der Waals surface area contributed by atoms with Gasteiger partial charge in [-0.15, -0.1) is 0 Å². The van der Waals surface area contributed by atoms with Crippen LogP contribution >= 0.6 is 0 Å². The molecule has 0 amide bonds. The van der Waals surface area contributed by atoms with Crippen LogP contribution < -0.4 is 0 Å². The Kier molecular flexibility index (Phi) is 18.5. The van der Waals surface area contributed by atoms with E-state index >= 15 is 0 Å². The van der Waals surface area contributed by atoms with Crippen molar-refractivity contribution < 1.29 is 19.1 Å². The van der Waals surface area contributed by atoms with Crippen molar-refractivity contribution in [2.75, 3.05) is 6.61 Å². The fraction of sp³-hybridized carbons (Fsp3) is 0.917. The fourth-order valence-electron chi connectivity index (χ4n) is 3.38. The van der Waals surface area contributed by atoms with Gasteiger partial charge in [-0.1, -0.05) is 78.6 Å². The Balaban J connectivity index is 3.38. The molecular weight excluding hydrogens is 352 g/mol. The molecule has 0 aromatic heterocycles. The lowest BCUT2D eigenvalue weighted by Crippen LogP contribution is -2.16. The maximum atomic E-state index is 11.7. The highest BCUT2D eigenvalue weighted by molar-refractivity contribution is 5.70. The molecule has 0 aliphatic heterocycles. The highest BCUT2D eigenvalue weighted by Gasteiger charge is 2.11. The normalized spacial score (nSPS) is 12.2. The first kappa shape index (κ1) is 26.9. The van der Waals surface area contributed by atoms with Gasteiger partial charge in [0, 0.05) is 12.8 Å². The Morgan fingerprint density at radius 2 is 1.18 bits per heavy atom. The van der Waals surface area contributed by atoms with Crippen LogP contribution in [0.1, 0.15) is 124 Å². The molecule has 4 heteroatoms. The molecule has 0 spiro atoms. The number of esters is 2. The predicted molar refractivity (Wildman–Crippen MR) is 116 cm³/mol. The summed E-state index contributed by atoms with van der Waals surface area (Å²) in [4.78, 5) is 23.4. The second-order valence-corrected chi connectivity index (χ2v) is 8.54. The molecule has 0 saturated heterocycles. The predicted octanol–water partition coefficient (Wildman–Crippen LogP) is 6.99. The van der Waals surface area contributed by atoms with E-state index in [2.05, 4.69) is 20.8 Å². The molecule has 0 rings (SSSR count). The summed E-state index contributed by atoms with van der Waals surface area (Å²) < 4.78 is 10.6. The molecule has 0 aliphatic rings. The van der Waals surface area contributed by atoms with Crippen LogP contribution in [0.4, 0.5) is 0 Å². The number of hydrogen-bond donors (Lipinski definition) is 0. The molecule has 1 atom stereocenters. The zero-order valence-electron chi connectivity index (χ0n) is 19.1. The minimum atomic E-state index is -0.160. The molecule has 0 aliphatic carbocycles. The fourth-order valence-corrected chi connectivity index (χ4v) is 3.38. The third kappa shape index (κ3) is 19.7. The molecule has 0 bridgehead atoms. The smallest absolute Gasteiger partial charge is 0.306 e. The highest BCUT2D eigenvalue weighted by Crippen LogP contribution is 2.12. The molecule has 4 nitrogen and oxygen atoms in total. The first-order valence-electron chi connectivity index (χ1n) is 11.8. The molecule has 28 heavy (non-hydrogen) atoms. The number of unbranched alkanes of at least 4 members (excludes halogenated alkanes) is 10. The first-order chi connectivity index (χ1) is 13.5. The standard InChI is InChI=1S/C24H46O4/c1-5-6-7-8-9-10-11-12-13-16-19-27-23(25)17-14-15-18-24(26)28-22(4)20-21(2)3/h21-22H,5-20H2,1-4H3. The SMILES string of the molecule is CCCCCCCCCCCCOC(=O)CCCCC(=O)OC(C)CC(C)C. The largest absolute Gasteiger partial charge is 0.466 e. The number of carbonyl (C=O) groups excluding carboxylic acids is 2. The molecule has 0 radical (unpaired) electrons. The monoisotopic (exact) mass is 398 g/mol. The van der Waals surface area contributed by atoms with E-state index in [0.717, 1.165) is 19.3 Å². The Morgan fingerprint density at radius 1 is 0.679 bits per heavy atom. The Hall–Kier alpha value is -1.06. The number of carbonyl (C=O) groups is 2. The van der Waals surface area contributed by atoms with Crippen LogP contribution in [-0.2, 0) is 19.1 Å². The van der Waals surface area contributed by atoms with Crippen molar-refractivity contribution in [1.29, 1.82) is 0 Å². The summed E-state index contributed by atoms with van der Waals surface area (Å²) in [7, 11) is 0. The first-order valence-corrected chi connectivity index (χ1v) is 11.8. The van der Waals surface area contributed by atoms with Gasteiger partial charge in [0.2, 0.25) is 0 Å². The van der Waals surface area contributed by atoms with Crippen LogP contribution in [0, 0.1) is 5.92 Å².